The minimum Gasteiger partial charge on any atom is -0.493 e. The van der Waals surface area contributed by atoms with Crippen LogP contribution < -0.4 is 10.5 Å². The van der Waals surface area contributed by atoms with E-state index in [1.165, 1.54) is 12.8 Å². The molecule has 2 nitrogen and oxygen atoms in total. The molecule has 1 fully saturated rings. The zero-order valence-corrected chi connectivity index (χ0v) is 12.3. The van der Waals surface area contributed by atoms with Crippen molar-refractivity contribution in [1.82, 2.24) is 0 Å². The first-order chi connectivity index (χ1) is 8.72. The summed E-state index contributed by atoms with van der Waals surface area (Å²) >= 11 is 6.90. The molecule has 1 aromatic carbocycles. The van der Waals surface area contributed by atoms with Gasteiger partial charge in [-0.1, -0.05) is 38.0 Å². The second-order valence-electron chi connectivity index (χ2n) is 4.51. The Labute approximate surface area is 118 Å². The van der Waals surface area contributed by atoms with Crippen LogP contribution in [0.3, 0.4) is 0 Å². The minimum atomic E-state index is 0.424. The number of hydrogen-bond acceptors (Lipinski definition) is 3. The van der Waals surface area contributed by atoms with E-state index in [1.54, 1.807) is 11.8 Å². The molecule has 98 valence electrons. The Kier molecular flexibility index (Phi) is 4.89. The van der Waals surface area contributed by atoms with Crippen molar-refractivity contribution in [2.24, 2.45) is 11.7 Å². The third-order valence-electron chi connectivity index (χ3n) is 3.01. The van der Waals surface area contributed by atoms with Crippen molar-refractivity contribution < 1.29 is 4.74 Å². The fourth-order valence-corrected chi connectivity index (χ4v) is 3.01. The first kappa shape index (κ1) is 13.7. The Morgan fingerprint density at radius 3 is 2.89 bits per heavy atom. The number of thiocarbonyl (C=S) groups is 1. The van der Waals surface area contributed by atoms with E-state index >= 15 is 0 Å². The van der Waals surface area contributed by atoms with Crippen LogP contribution in [0.2, 0.25) is 0 Å². The van der Waals surface area contributed by atoms with Crippen LogP contribution in [0.1, 0.15) is 31.7 Å². The van der Waals surface area contributed by atoms with Crippen LogP contribution in [0.25, 0.3) is 0 Å². The van der Waals surface area contributed by atoms with Gasteiger partial charge in [0.1, 0.15) is 10.7 Å². The lowest BCUT2D eigenvalue weighted by atomic mass is 10.2. The molecule has 1 aliphatic carbocycles. The van der Waals surface area contributed by atoms with E-state index in [0.29, 0.717) is 4.99 Å². The van der Waals surface area contributed by atoms with Crippen LogP contribution in [-0.4, -0.2) is 17.3 Å². The summed E-state index contributed by atoms with van der Waals surface area (Å²) in [5, 5.41) is 0. The van der Waals surface area contributed by atoms with Crippen molar-refractivity contribution in [3.8, 4) is 5.75 Å². The maximum absolute atomic E-state index is 5.86. The third kappa shape index (κ3) is 3.62. The molecule has 18 heavy (non-hydrogen) atoms. The van der Waals surface area contributed by atoms with Crippen LogP contribution in [-0.2, 0) is 0 Å². The van der Waals surface area contributed by atoms with Gasteiger partial charge >= 0.3 is 0 Å². The van der Waals surface area contributed by atoms with Crippen LogP contribution in [0.15, 0.2) is 23.1 Å². The maximum Gasteiger partial charge on any atom is 0.130 e. The zero-order chi connectivity index (χ0) is 13.0. The first-order valence-corrected chi connectivity index (χ1v) is 7.80. The van der Waals surface area contributed by atoms with Crippen LogP contribution in [0, 0.1) is 5.92 Å². The molecule has 0 aromatic heterocycles. The molecule has 1 aliphatic rings. The lowest BCUT2D eigenvalue weighted by Gasteiger charge is -2.14. The molecule has 0 aliphatic heterocycles. The first-order valence-electron chi connectivity index (χ1n) is 6.40. The van der Waals surface area contributed by atoms with Gasteiger partial charge in [0.2, 0.25) is 0 Å². The van der Waals surface area contributed by atoms with Crippen molar-refractivity contribution in [1.29, 1.82) is 0 Å². The summed E-state index contributed by atoms with van der Waals surface area (Å²) in [7, 11) is 0. The molecule has 2 N–H and O–H groups in total. The molecule has 4 heteroatoms. The second kappa shape index (κ2) is 6.43. The van der Waals surface area contributed by atoms with Crippen molar-refractivity contribution in [2.45, 2.75) is 31.1 Å². The van der Waals surface area contributed by atoms with Gasteiger partial charge in [-0.3, -0.25) is 0 Å². The summed E-state index contributed by atoms with van der Waals surface area (Å²) in [5.74, 6) is 2.72. The topological polar surface area (TPSA) is 35.2 Å². The molecule has 0 unspecified atom stereocenters. The lowest BCUT2D eigenvalue weighted by Crippen LogP contribution is -2.13. The van der Waals surface area contributed by atoms with Gasteiger partial charge in [-0.05, 0) is 30.2 Å². The average molecular weight is 281 g/mol. The van der Waals surface area contributed by atoms with Gasteiger partial charge < -0.3 is 10.5 Å². The van der Waals surface area contributed by atoms with Gasteiger partial charge in [0.25, 0.3) is 0 Å². The minimum absolute atomic E-state index is 0.424. The van der Waals surface area contributed by atoms with Crippen LogP contribution in [0.4, 0.5) is 0 Å². The zero-order valence-electron chi connectivity index (χ0n) is 10.6. The number of ether oxygens (including phenoxy) is 1. The number of nitrogens with two attached hydrogens (primary N) is 1. The molecule has 1 aromatic rings. The molecule has 2 rings (SSSR count). The Morgan fingerprint density at radius 1 is 1.50 bits per heavy atom. The summed E-state index contributed by atoms with van der Waals surface area (Å²) in [6, 6.07) is 6.02. The fourth-order valence-electron chi connectivity index (χ4n) is 1.89. The molecule has 0 radical (unpaired) electrons. The number of hydrogen-bond donors (Lipinski definition) is 1. The highest BCUT2D eigenvalue weighted by atomic mass is 32.2. The largest absolute Gasteiger partial charge is 0.493 e. The molecule has 1 saturated carbocycles. The molecule has 0 amide bonds. The van der Waals surface area contributed by atoms with Crippen molar-refractivity contribution in [3.63, 3.8) is 0 Å². The Bertz CT molecular complexity index is 430. The number of benzene rings is 1. The summed E-state index contributed by atoms with van der Waals surface area (Å²) < 4.78 is 5.86. The van der Waals surface area contributed by atoms with E-state index in [0.717, 1.165) is 40.9 Å². The lowest BCUT2D eigenvalue weighted by molar-refractivity contribution is 0.301. The highest BCUT2D eigenvalue weighted by molar-refractivity contribution is 7.99. The third-order valence-corrected chi connectivity index (χ3v) is 4.16. The maximum atomic E-state index is 5.86. The second-order valence-corrected chi connectivity index (χ2v) is 6.25. The Hall–Kier alpha value is -0.740. The molecule has 0 bridgehead atoms. The SMILES string of the molecule is CCSc1cccc(OCCC2CC2)c1C(N)=S. The van der Waals surface area contributed by atoms with Gasteiger partial charge in [-0.2, -0.15) is 0 Å². The van der Waals surface area contributed by atoms with Gasteiger partial charge in [-0.15, -0.1) is 11.8 Å². The van der Waals surface area contributed by atoms with E-state index in [-0.39, 0.29) is 0 Å². The van der Waals surface area contributed by atoms with Crippen LogP contribution >= 0.6 is 24.0 Å². The van der Waals surface area contributed by atoms with E-state index in [4.69, 9.17) is 22.7 Å². The van der Waals surface area contributed by atoms with Gasteiger partial charge in [0, 0.05) is 4.90 Å². The van der Waals surface area contributed by atoms with E-state index in [1.807, 2.05) is 12.1 Å². The molecule has 0 spiro atoms. The molecule has 0 atom stereocenters. The highest BCUT2D eigenvalue weighted by Crippen LogP contribution is 2.33. The molecular formula is C14H19NOS2. The molecule has 0 heterocycles. The smallest absolute Gasteiger partial charge is 0.130 e. The summed E-state index contributed by atoms with van der Waals surface area (Å²) in [6.45, 7) is 2.88. The Balaban J connectivity index is 2.10. The summed E-state index contributed by atoms with van der Waals surface area (Å²) in [4.78, 5) is 1.54. The Morgan fingerprint density at radius 2 is 2.28 bits per heavy atom. The van der Waals surface area contributed by atoms with E-state index < -0.39 is 0 Å². The van der Waals surface area contributed by atoms with E-state index in [2.05, 4.69) is 13.0 Å². The van der Waals surface area contributed by atoms with Crippen molar-refractivity contribution in [3.05, 3.63) is 23.8 Å². The summed E-state index contributed by atoms with van der Waals surface area (Å²) in [5.41, 5.74) is 6.73. The monoisotopic (exact) mass is 281 g/mol. The number of rotatable bonds is 7. The van der Waals surface area contributed by atoms with Crippen LogP contribution in [0.5, 0.6) is 5.75 Å². The summed E-state index contributed by atoms with van der Waals surface area (Å²) in [6.07, 6.45) is 3.86. The van der Waals surface area contributed by atoms with Gasteiger partial charge in [-0.25, -0.2) is 0 Å². The van der Waals surface area contributed by atoms with E-state index in [9.17, 15) is 0 Å². The molecule has 0 saturated heterocycles. The fraction of sp³-hybridized carbons (Fsp3) is 0.500. The standard InChI is InChI=1S/C14H19NOS2/c1-2-18-12-5-3-4-11(13(12)14(15)17)16-9-8-10-6-7-10/h3-5,10H,2,6-9H2,1H3,(H2,15,17). The molecular weight excluding hydrogens is 262 g/mol. The normalized spacial score (nSPS) is 14.5. The predicted octanol–water partition coefficient (Wildman–Crippen LogP) is 3.61. The quantitative estimate of drug-likeness (QED) is 0.611. The van der Waals surface area contributed by atoms with Crippen molar-refractivity contribution in [2.75, 3.05) is 12.4 Å². The predicted molar refractivity (Wildman–Crippen MR) is 81.6 cm³/mol. The van der Waals surface area contributed by atoms with Gasteiger partial charge in [0.05, 0.1) is 12.2 Å². The number of thioether (sulfide) groups is 1. The van der Waals surface area contributed by atoms with Gasteiger partial charge in [0.15, 0.2) is 0 Å². The van der Waals surface area contributed by atoms with Crippen molar-refractivity contribution >= 4 is 29.0 Å². The highest BCUT2D eigenvalue weighted by Gasteiger charge is 2.21. The average Bonchev–Trinajstić information content (AvgIpc) is 3.13.